The molecule has 0 rings (SSSR count). The maximum absolute atomic E-state index is 0. The summed E-state index contributed by atoms with van der Waals surface area (Å²) in [6, 6.07) is 0. The van der Waals surface area contributed by atoms with Crippen LogP contribution in [0, 0.1) is 0 Å². The van der Waals surface area contributed by atoms with Crippen molar-refractivity contribution in [1.82, 2.24) is 0 Å². The molecule has 0 spiro atoms. The van der Waals surface area contributed by atoms with Crippen molar-refractivity contribution >= 4 is 0 Å². The Labute approximate surface area is 161 Å². The summed E-state index contributed by atoms with van der Waals surface area (Å²) in [5, 5.41) is 0. The number of rotatable bonds is 0. The van der Waals surface area contributed by atoms with Gasteiger partial charge >= 0.3 is 109 Å². The molecule has 80 valence electrons. The van der Waals surface area contributed by atoms with Gasteiger partial charge in [0.25, 0.3) is 0 Å². The minimum Gasteiger partial charge on any atom is -2.00 e. The Morgan fingerprint density at radius 1 is 0.133 bits per heavy atom. The Morgan fingerprint density at radius 3 is 0.133 bits per heavy atom. The Kier molecular flexibility index (Phi) is 15900. The van der Waals surface area contributed by atoms with Gasteiger partial charge in [-0.25, -0.2) is 0 Å². The van der Waals surface area contributed by atoms with E-state index in [1.165, 1.54) is 0 Å². The molecule has 0 fully saturated rings. The molecule has 10 nitrogen and oxygen atoms in total. The van der Waals surface area contributed by atoms with Gasteiger partial charge in [0.05, 0.1) is 0 Å². The molecule has 0 aliphatic carbocycles. The normalized spacial score (nSPS) is 0. The zero-order chi connectivity index (χ0) is 0. The maximum atomic E-state index is 0. The van der Waals surface area contributed by atoms with Gasteiger partial charge in [0.2, 0.25) is 0 Å². The maximum Gasteiger partial charge on any atom is 4.00 e. The van der Waals surface area contributed by atoms with Crippen LogP contribution in [0.2, 0.25) is 0 Å². The topological polar surface area (TPSA) is 285 Å². The van der Waals surface area contributed by atoms with Crippen LogP contribution in [0.3, 0.4) is 0 Å². The predicted molar refractivity (Wildman–Crippen MR) is 6.86 cm³/mol. The fourth-order valence-corrected chi connectivity index (χ4v) is 0. The van der Waals surface area contributed by atoms with E-state index in [1.54, 1.807) is 0 Å². The summed E-state index contributed by atoms with van der Waals surface area (Å²) < 4.78 is 0. The third-order valence-corrected chi connectivity index (χ3v) is 0. The second-order valence-electron chi connectivity index (χ2n) is 0. The van der Waals surface area contributed by atoms with Crippen LogP contribution in [-0.4, -0.2) is 0 Å². The Bertz CT molecular complexity index is 13.8. The van der Waals surface area contributed by atoms with Crippen LogP contribution in [-0.2, 0) is 163 Å². The van der Waals surface area contributed by atoms with Gasteiger partial charge in [-0.1, -0.05) is 0 Å². The van der Waals surface area contributed by atoms with Gasteiger partial charge in [0, 0.05) is 0 Å². The Balaban J connectivity index is 0. The van der Waals surface area contributed by atoms with Crippen LogP contribution in [0.1, 0.15) is 0 Å². The second kappa shape index (κ2) is 446. The van der Waals surface area contributed by atoms with Crippen molar-refractivity contribution in [3.05, 3.63) is 0 Å². The van der Waals surface area contributed by atoms with E-state index in [9.17, 15) is 0 Å². The minimum absolute atomic E-state index is 0. The van der Waals surface area contributed by atoms with Gasteiger partial charge in [-0.15, -0.1) is 0 Å². The largest absolute Gasteiger partial charge is 4.00 e. The molecular weight excluding hydrogens is 399 g/mol. The van der Waals surface area contributed by atoms with Crippen LogP contribution >= 0.6 is 0 Å². The summed E-state index contributed by atoms with van der Waals surface area (Å²) in [4.78, 5) is 0. The molecule has 0 bridgehead atoms. The van der Waals surface area contributed by atoms with Gasteiger partial charge in [0.1, 0.15) is 0 Å². The quantitative estimate of drug-likeness (QED) is 0.433. The van der Waals surface area contributed by atoms with Crippen LogP contribution in [0.15, 0.2) is 0 Å². The van der Waals surface area contributed by atoms with E-state index in [2.05, 4.69) is 0 Å². The van der Waals surface area contributed by atoms with Crippen LogP contribution < -0.4 is 0 Å². The summed E-state index contributed by atoms with van der Waals surface area (Å²) >= 11 is 0. The first-order valence-electron chi connectivity index (χ1n) is 0. The van der Waals surface area contributed by atoms with E-state index in [0.29, 0.717) is 0 Å². The van der Waals surface area contributed by atoms with E-state index in [4.69, 9.17) is 0 Å². The van der Waals surface area contributed by atoms with Crippen molar-refractivity contribution in [3.63, 3.8) is 0 Å². The molecule has 0 amide bonds. The van der Waals surface area contributed by atoms with E-state index in [1.807, 2.05) is 0 Å². The van der Waals surface area contributed by atoms with E-state index >= 15 is 0 Å². The summed E-state index contributed by atoms with van der Waals surface area (Å²) in [6.45, 7) is 0. The van der Waals surface area contributed by atoms with Gasteiger partial charge in [0.15, 0.2) is 0 Å². The molecule has 0 aromatic carbocycles. The van der Waals surface area contributed by atoms with Gasteiger partial charge in [-0.05, 0) is 0 Å². The first-order valence-corrected chi connectivity index (χ1v) is 0. The third-order valence-electron chi connectivity index (χ3n) is 0. The average Bonchev–Trinajstić information content (AvgIpc) is 0. The molecule has 0 saturated carbocycles. The first-order chi connectivity index (χ1) is 0. The smallest absolute Gasteiger partial charge is 2.00 e. The van der Waals surface area contributed by atoms with Crippen molar-refractivity contribution in [3.8, 4) is 0 Å². The van der Waals surface area contributed by atoms with Gasteiger partial charge in [-0.3, -0.25) is 0 Å². The van der Waals surface area contributed by atoms with Crippen molar-refractivity contribution < 1.29 is 163 Å². The molecule has 0 N–H and O–H groups in total. The molecule has 0 aromatic heterocycles. The fraction of sp³-hybridized carbons (Fsp3) is 0. The molecule has 0 saturated heterocycles. The van der Waals surface area contributed by atoms with Crippen LogP contribution in [0.4, 0.5) is 0 Å². The molecule has 0 atom stereocenters. The zero-order valence-corrected chi connectivity index (χ0v) is 14.4. The first kappa shape index (κ1) is 533. The van der Waals surface area contributed by atoms with Gasteiger partial charge < -0.3 is 54.8 Å². The van der Waals surface area contributed by atoms with Crippen molar-refractivity contribution in [2.24, 2.45) is 0 Å². The van der Waals surface area contributed by atoms with Crippen molar-refractivity contribution in [1.29, 1.82) is 0 Å². The minimum atomic E-state index is 0. The average molecular weight is 399 g/mol. The van der Waals surface area contributed by atoms with Crippen LogP contribution in [0.5, 0.6) is 0 Å². The number of hydrogen-bond donors (Lipinski definition) is 0. The number of hydrogen-bond acceptors (Lipinski definition) is 0. The molecular formula is O10Ti5. The molecule has 15 heteroatoms. The molecule has 0 aliphatic rings. The third kappa shape index (κ3) is 393. The Hall–Kier alpha value is 3.17. The monoisotopic (exact) mass is 400 g/mol. The molecule has 0 heterocycles. The van der Waals surface area contributed by atoms with Crippen LogP contribution in [0.25, 0.3) is 0 Å². The standard InChI is InChI=1S/10O.5Ti/q10*-2;5*+4. The Morgan fingerprint density at radius 2 is 0.133 bits per heavy atom. The molecule has 15 heavy (non-hydrogen) atoms. The fourth-order valence-electron chi connectivity index (χ4n) is 0. The molecule has 0 aromatic rings. The molecule has 0 unspecified atom stereocenters. The zero-order valence-electron chi connectivity index (χ0n) is 6.58. The van der Waals surface area contributed by atoms with E-state index in [-0.39, 0.29) is 163 Å². The van der Waals surface area contributed by atoms with Crippen molar-refractivity contribution in [2.75, 3.05) is 0 Å². The molecule has 0 aliphatic heterocycles. The summed E-state index contributed by atoms with van der Waals surface area (Å²) in [7, 11) is 0. The summed E-state index contributed by atoms with van der Waals surface area (Å²) in [5.74, 6) is 0. The molecule has 0 radical (unpaired) electrons. The summed E-state index contributed by atoms with van der Waals surface area (Å²) in [5.41, 5.74) is 0. The van der Waals surface area contributed by atoms with E-state index in [0.717, 1.165) is 0 Å². The predicted octanol–water partition coefficient (Wildman–Crippen LogP) is -1.20. The second-order valence-corrected chi connectivity index (χ2v) is 0. The van der Waals surface area contributed by atoms with E-state index < -0.39 is 0 Å². The summed E-state index contributed by atoms with van der Waals surface area (Å²) in [6.07, 6.45) is 0. The SMILES string of the molecule is [O-2].[O-2].[O-2].[O-2].[O-2].[O-2].[O-2].[O-2].[O-2].[O-2].[Ti+4].[Ti+4].[Ti+4].[Ti+4].[Ti+4]. The van der Waals surface area contributed by atoms with Crippen molar-refractivity contribution in [2.45, 2.75) is 0 Å². The van der Waals surface area contributed by atoms with Gasteiger partial charge in [-0.2, -0.15) is 0 Å².